The Balaban J connectivity index is 2.26. The lowest BCUT2D eigenvalue weighted by Crippen LogP contribution is -2.18. The topological polar surface area (TPSA) is 43.8 Å². The number of rotatable bonds is 4. The number of halogens is 1. The fraction of sp³-hybridized carbons (Fsp3) is 0.400. The molecule has 0 saturated carbocycles. The monoisotopic (exact) mass is 321 g/mol. The van der Waals surface area contributed by atoms with Gasteiger partial charge in [0, 0.05) is 16.2 Å². The van der Waals surface area contributed by atoms with Crippen molar-refractivity contribution in [3.63, 3.8) is 0 Å². The zero-order chi connectivity index (χ0) is 14.0. The quantitative estimate of drug-likeness (QED) is 0.939. The van der Waals surface area contributed by atoms with Crippen molar-refractivity contribution >= 4 is 15.9 Å². The van der Waals surface area contributed by atoms with Crippen LogP contribution in [0.2, 0.25) is 0 Å². The lowest BCUT2D eigenvalue weighted by molar-refractivity contribution is 0.656. The first-order valence-electron chi connectivity index (χ1n) is 6.50. The molecule has 0 fully saturated rings. The third-order valence-corrected chi connectivity index (χ3v) is 3.77. The molecule has 0 amide bonds. The van der Waals surface area contributed by atoms with Crippen LogP contribution in [0.3, 0.4) is 0 Å². The van der Waals surface area contributed by atoms with Crippen molar-refractivity contribution in [1.29, 1.82) is 0 Å². The summed E-state index contributed by atoms with van der Waals surface area (Å²) in [5.74, 6) is 0. The van der Waals surface area contributed by atoms with Crippen molar-refractivity contribution in [2.45, 2.75) is 39.8 Å². The van der Waals surface area contributed by atoms with Crippen molar-refractivity contribution in [2.75, 3.05) is 0 Å². The fourth-order valence-corrected chi connectivity index (χ4v) is 2.76. The van der Waals surface area contributed by atoms with Crippen molar-refractivity contribution in [3.8, 4) is 0 Å². The van der Waals surface area contributed by atoms with Crippen molar-refractivity contribution in [1.82, 2.24) is 9.78 Å². The van der Waals surface area contributed by atoms with Crippen molar-refractivity contribution < 1.29 is 0 Å². The molecule has 0 saturated heterocycles. The maximum absolute atomic E-state index is 5.90. The van der Waals surface area contributed by atoms with Gasteiger partial charge in [0.2, 0.25) is 0 Å². The minimum Gasteiger partial charge on any atom is -0.328 e. The Hall–Kier alpha value is -1.13. The number of hydrogen-bond donors (Lipinski definition) is 1. The molecule has 2 aromatic rings. The second kappa shape index (κ2) is 5.88. The van der Waals surface area contributed by atoms with Crippen LogP contribution in [-0.4, -0.2) is 15.8 Å². The second-order valence-electron chi connectivity index (χ2n) is 5.12. The molecule has 0 aliphatic carbocycles. The predicted octanol–water partition coefficient (Wildman–Crippen LogP) is 3.20. The van der Waals surface area contributed by atoms with E-state index in [1.54, 1.807) is 0 Å². The van der Waals surface area contributed by atoms with Gasteiger partial charge in [0.05, 0.1) is 12.2 Å². The van der Waals surface area contributed by atoms with Gasteiger partial charge >= 0.3 is 0 Å². The molecule has 1 aromatic heterocycles. The van der Waals surface area contributed by atoms with Crippen molar-refractivity contribution in [3.05, 3.63) is 51.3 Å². The zero-order valence-electron chi connectivity index (χ0n) is 11.7. The minimum absolute atomic E-state index is 0.168. The first kappa shape index (κ1) is 14.3. The van der Waals surface area contributed by atoms with Crippen molar-refractivity contribution in [2.24, 2.45) is 5.73 Å². The van der Waals surface area contributed by atoms with Crippen LogP contribution in [-0.2, 0) is 13.0 Å². The molecular weight excluding hydrogens is 302 g/mol. The molecule has 102 valence electrons. The molecule has 3 nitrogen and oxygen atoms in total. The molecule has 1 unspecified atom stereocenters. The summed E-state index contributed by atoms with van der Waals surface area (Å²) in [6, 6.07) is 8.50. The van der Waals surface area contributed by atoms with Gasteiger partial charge in [-0.3, -0.25) is 4.68 Å². The molecular formula is C15H20BrN3. The summed E-state index contributed by atoms with van der Waals surface area (Å²) in [7, 11) is 0. The Morgan fingerprint density at radius 1 is 1.37 bits per heavy atom. The number of aromatic nitrogens is 2. The van der Waals surface area contributed by atoms with Crippen LogP contribution in [0.5, 0.6) is 0 Å². The smallest absolute Gasteiger partial charge is 0.0663 e. The second-order valence-corrected chi connectivity index (χ2v) is 6.03. The Bertz CT molecular complexity index is 573. The molecule has 19 heavy (non-hydrogen) atoms. The first-order chi connectivity index (χ1) is 8.97. The highest BCUT2D eigenvalue weighted by Crippen LogP contribution is 2.18. The molecule has 2 rings (SSSR count). The first-order valence-corrected chi connectivity index (χ1v) is 7.29. The lowest BCUT2D eigenvalue weighted by Gasteiger charge is -2.08. The van der Waals surface area contributed by atoms with Crippen LogP contribution in [0, 0.1) is 13.8 Å². The van der Waals surface area contributed by atoms with E-state index in [0.29, 0.717) is 0 Å². The Labute approximate surface area is 122 Å². The van der Waals surface area contributed by atoms with E-state index in [4.69, 9.17) is 5.73 Å². The highest BCUT2D eigenvalue weighted by atomic mass is 79.9. The molecule has 2 N–H and O–H groups in total. The maximum atomic E-state index is 5.90. The zero-order valence-corrected chi connectivity index (χ0v) is 13.2. The van der Waals surface area contributed by atoms with Gasteiger partial charge in [-0.2, -0.15) is 5.10 Å². The van der Waals surface area contributed by atoms with Gasteiger partial charge in [0.1, 0.15) is 0 Å². The van der Waals surface area contributed by atoms with Crippen LogP contribution in [0.15, 0.2) is 28.7 Å². The van der Waals surface area contributed by atoms with Crippen LogP contribution in [0.1, 0.15) is 29.4 Å². The summed E-state index contributed by atoms with van der Waals surface area (Å²) in [6.07, 6.45) is 0.885. The number of benzene rings is 1. The summed E-state index contributed by atoms with van der Waals surface area (Å²) in [4.78, 5) is 0. The summed E-state index contributed by atoms with van der Waals surface area (Å²) in [5, 5.41) is 4.63. The predicted molar refractivity (Wildman–Crippen MR) is 82.3 cm³/mol. The van der Waals surface area contributed by atoms with E-state index in [-0.39, 0.29) is 6.04 Å². The third kappa shape index (κ3) is 3.45. The van der Waals surface area contributed by atoms with Gasteiger partial charge in [-0.15, -0.1) is 0 Å². The number of hydrogen-bond acceptors (Lipinski definition) is 2. The van der Waals surface area contributed by atoms with E-state index in [1.807, 2.05) is 19.1 Å². The van der Waals surface area contributed by atoms with Crippen LogP contribution >= 0.6 is 15.9 Å². The number of aryl methyl sites for hydroxylation is 1. The largest absolute Gasteiger partial charge is 0.328 e. The lowest BCUT2D eigenvalue weighted by atomic mass is 10.1. The molecule has 1 aromatic carbocycles. The van der Waals surface area contributed by atoms with Crippen LogP contribution < -0.4 is 5.73 Å². The number of nitrogens with zero attached hydrogens (tertiary/aromatic N) is 2. The van der Waals surface area contributed by atoms with E-state index in [9.17, 15) is 0 Å². The Morgan fingerprint density at radius 3 is 2.74 bits per heavy atom. The van der Waals surface area contributed by atoms with Gasteiger partial charge < -0.3 is 5.73 Å². The molecule has 4 heteroatoms. The van der Waals surface area contributed by atoms with Crippen LogP contribution in [0.25, 0.3) is 0 Å². The average Bonchev–Trinajstić information content (AvgIpc) is 2.57. The molecule has 0 aliphatic heterocycles. The summed E-state index contributed by atoms with van der Waals surface area (Å²) < 4.78 is 3.16. The number of nitrogens with two attached hydrogens (primary N) is 1. The highest BCUT2D eigenvalue weighted by Gasteiger charge is 2.13. The molecule has 0 spiro atoms. The van der Waals surface area contributed by atoms with Gasteiger partial charge in [-0.25, -0.2) is 0 Å². The molecule has 1 heterocycles. The molecule has 0 bridgehead atoms. The average molecular weight is 322 g/mol. The third-order valence-electron chi connectivity index (χ3n) is 3.28. The van der Waals surface area contributed by atoms with E-state index in [2.05, 4.69) is 51.7 Å². The Morgan fingerprint density at radius 2 is 2.11 bits per heavy atom. The molecule has 0 radical (unpaired) electrons. The molecule has 1 atom stereocenters. The Kier molecular flexibility index (Phi) is 4.42. The minimum atomic E-state index is 0.168. The van der Waals surface area contributed by atoms with E-state index < -0.39 is 0 Å². The molecule has 0 aliphatic rings. The van der Waals surface area contributed by atoms with Gasteiger partial charge in [0.25, 0.3) is 0 Å². The normalized spacial score (nSPS) is 12.7. The van der Waals surface area contributed by atoms with E-state index in [1.165, 1.54) is 16.8 Å². The summed E-state index contributed by atoms with van der Waals surface area (Å²) >= 11 is 3.50. The standard InChI is InChI=1S/C15H20BrN3/c1-10(17)7-15-11(2)18-19(12(15)3)9-13-5-4-6-14(16)8-13/h4-6,8,10H,7,9,17H2,1-3H3. The van der Waals surface area contributed by atoms with Gasteiger partial charge in [-0.05, 0) is 50.5 Å². The maximum Gasteiger partial charge on any atom is 0.0663 e. The summed E-state index contributed by atoms with van der Waals surface area (Å²) in [6.45, 7) is 7.01. The highest BCUT2D eigenvalue weighted by molar-refractivity contribution is 9.10. The van der Waals surface area contributed by atoms with Gasteiger partial charge in [-0.1, -0.05) is 28.1 Å². The summed E-state index contributed by atoms with van der Waals surface area (Å²) in [5.41, 5.74) is 10.7. The van der Waals surface area contributed by atoms with Gasteiger partial charge in [0.15, 0.2) is 0 Å². The fourth-order valence-electron chi connectivity index (χ4n) is 2.31. The van der Waals surface area contributed by atoms with E-state index >= 15 is 0 Å². The van der Waals surface area contributed by atoms with E-state index in [0.717, 1.165) is 23.1 Å². The SMILES string of the molecule is Cc1nn(Cc2cccc(Br)c2)c(C)c1CC(C)N. The van der Waals surface area contributed by atoms with Crippen LogP contribution in [0.4, 0.5) is 0 Å².